The molecule has 76 valence electrons. The Hall–Kier alpha value is 1.21. The molecule has 0 amide bonds. The van der Waals surface area contributed by atoms with Gasteiger partial charge in [-0.1, -0.05) is 18.3 Å². The Bertz CT molecular complexity index is 179. The van der Waals surface area contributed by atoms with Crippen LogP contribution >= 0.6 is 26.7 Å². The molecule has 2 heterocycles. The number of hydrogen-bond donors (Lipinski definition) is 0. The predicted octanol–water partition coefficient (Wildman–Crippen LogP) is 2.09. The standard InChI is InChI=1S/C8H19N2P3/c11-9-5-1-4-8-7(9)3-2-6-10(8)13-12/h7-8,13H,1-6,11-12H2. The van der Waals surface area contributed by atoms with Gasteiger partial charge in [0, 0.05) is 25.2 Å². The van der Waals surface area contributed by atoms with Gasteiger partial charge < -0.3 is 0 Å². The molecule has 0 N–H and O–H groups in total. The third-order valence-electron chi connectivity index (χ3n) is 3.25. The van der Waals surface area contributed by atoms with Gasteiger partial charge in [0.2, 0.25) is 0 Å². The summed E-state index contributed by atoms with van der Waals surface area (Å²) in [4.78, 5) is 0. The van der Waals surface area contributed by atoms with Gasteiger partial charge >= 0.3 is 0 Å². The van der Waals surface area contributed by atoms with E-state index in [1.54, 1.807) is 0 Å². The van der Waals surface area contributed by atoms with Crippen LogP contribution < -0.4 is 0 Å². The highest BCUT2D eigenvalue weighted by molar-refractivity contribution is 8.01. The van der Waals surface area contributed by atoms with Crippen molar-refractivity contribution in [3.05, 3.63) is 0 Å². The van der Waals surface area contributed by atoms with Crippen LogP contribution in [-0.2, 0) is 0 Å². The molecule has 0 radical (unpaired) electrons. The second-order valence-corrected chi connectivity index (χ2v) is 6.25. The van der Waals surface area contributed by atoms with E-state index in [2.05, 4.69) is 27.7 Å². The van der Waals surface area contributed by atoms with Crippen molar-refractivity contribution < 1.29 is 0 Å². The van der Waals surface area contributed by atoms with Gasteiger partial charge in [-0.3, -0.25) is 9.34 Å². The first-order valence-corrected chi connectivity index (χ1v) is 8.34. The zero-order chi connectivity index (χ0) is 9.26. The molecular weight excluding hydrogens is 217 g/mol. The minimum absolute atomic E-state index is 0.820. The molecule has 0 saturated carbocycles. The van der Waals surface area contributed by atoms with Gasteiger partial charge in [-0.05, 0) is 34.1 Å². The molecule has 5 heteroatoms. The summed E-state index contributed by atoms with van der Waals surface area (Å²) < 4.78 is 5.15. The van der Waals surface area contributed by atoms with Crippen molar-refractivity contribution in [2.75, 3.05) is 13.1 Å². The van der Waals surface area contributed by atoms with Crippen molar-refractivity contribution in [1.82, 2.24) is 9.34 Å². The summed E-state index contributed by atoms with van der Waals surface area (Å²) in [6, 6.07) is 1.66. The van der Waals surface area contributed by atoms with Crippen molar-refractivity contribution >= 4 is 26.7 Å². The molecule has 2 aliphatic rings. The van der Waals surface area contributed by atoms with E-state index in [1.165, 1.54) is 38.8 Å². The quantitative estimate of drug-likeness (QED) is 0.643. The Morgan fingerprint density at radius 2 is 1.77 bits per heavy atom. The van der Waals surface area contributed by atoms with Crippen LogP contribution in [0.25, 0.3) is 0 Å². The van der Waals surface area contributed by atoms with Gasteiger partial charge in [0.05, 0.1) is 0 Å². The maximum atomic E-state index is 2.92. The average molecular weight is 236 g/mol. The van der Waals surface area contributed by atoms with Gasteiger partial charge in [-0.15, -0.1) is 0 Å². The van der Waals surface area contributed by atoms with Crippen LogP contribution in [0.15, 0.2) is 0 Å². The van der Waals surface area contributed by atoms with E-state index >= 15 is 0 Å². The first kappa shape index (κ1) is 10.7. The van der Waals surface area contributed by atoms with Gasteiger partial charge in [0.25, 0.3) is 0 Å². The van der Waals surface area contributed by atoms with Crippen molar-refractivity contribution in [3.8, 4) is 0 Å². The number of hydrogen-bond acceptors (Lipinski definition) is 2. The monoisotopic (exact) mass is 236 g/mol. The molecule has 2 nitrogen and oxygen atoms in total. The lowest BCUT2D eigenvalue weighted by Crippen LogP contribution is -2.52. The van der Waals surface area contributed by atoms with Crippen molar-refractivity contribution in [3.63, 3.8) is 0 Å². The maximum Gasteiger partial charge on any atom is 0.0294 e. The lowest BCUT2D eigenvalue weighted by atomic mass is 9.91. The fraction of sp³-hybridized carbons (Fsp3) is 1.00. The average Bonchev–Trinajstić information content (AvgIpc) is 2.18. The summed E-state index contributed by atoms with van der Waals surface area (Å²) >= 11 is 0. The Morgan fingerprint density at radius 1 is 1.08 bits per heavy atom. The van der Waals surface area contributed by atoms with Crippen molar-refractivity contribution in [1.29, 1.82) is 0 Å². The van der Waals surface area contributed by atoms with E-state index in [0.717, 1.165) is 20.5 Å². The van der Waals surface area contributed by atoms with Crippen LogP contribution in [0.1, 0.15) is 25.7 Å². The molecule has 2 fully saturated rings. The summed E-state index contributed by atoms with van der Waals surface area (Å²) in [5.74, 6) is 0. The van der Waals surface area contributed by atoms with E-state index in [0.29, 0.717) is 0 Å². The summed E-state index contributed by atoms with van der Waals surface area (Å²) in [5.41, 5.74) is 0. The first-order valence-electron chi connectivity index (χ1n) is 5.07. The highest BCUT2D eigenvalue weighted by atomic mass is 32.0. The Kier molecular flexibility index (Phi) is 3.98. The SMILES string of the molecule is PPN1CCCC2C1CCCN2P. The van der Waals surface area contributed by atoms with Gasteiger partial charge in [-0.25, -0.2) is 0 Å². The van der Waals surface area contributed by atoms with Crippen LogP contribution in [0.3, 0.4) is 0 Å². The highest BCUT2D eigenvalue weighted by Gasteiger charge is 2.35. The summed E-state index contributed by atoms with van der Waals surface area (Å²) in [6.45, 7) is 2.60. The lowest BCUT2D eigenvalue weighted by Gasteiger charge is -2.47. The molecule has 2 saturated heterocycles. The van der Waals surface area contributed by atoms with E-state index < -0.39 is 0 Å². The normalized spacial score (nSPS) is 38.3. The van der Waals surface area contributed by atoms with Crippen LogP contribution in [-0.4, -0.2) is 34.5 Å². The topological polar surface area (TPSA) is 6.48 Å². The molecule has 5 unspecified atom stereocenters. The smallest absolute Gasteiger partial charge is 0.0294 e. The van der Waals surface area contributed by atoms with Crippen molar-refractivity contribution in [2.45, 2.75) is 37.8 Å². The van der Waals surface area contributed by atoms with Crippen molar-refractivity contribution in [2.24, 2.45) is 0 Å². The lowest BCUT2D eigenvalue weighted by molar-refractivity contribution is 0.114. The highest BCUT2D eigenvalue weighted by Crippen LogP contribution is 2.40. The largest absolute Gasteiger partial charge is 0.283 e. The summed E-state index contributed by atoms with van der Waals surface area (Å²) in [6.07, 6.45) is 5.57. The zero-order valence-corrected chi connectivity index (χ0v) is 11.3. The number of nitrogens with zero attached hydrogens (tertiary/aromatic N) is 2. The number of piperidine rings is 2. The summed E-state index contributed by atoms with van der Waals surface area (Å²) in [5, 5.41) is 0. The molecule has 0 aromatic heterocycles. The number of fused-ring (bicyclic) bond motifs is 1. The zero-order valence-electron chi connectivity index (χ0n) is 7.95. The minimum atomic E-state index is 0.820. The molecule has 0 bridgehead atoms. The van der Waals surface area contributed by atoms with Gasteiger partial charge in [0.1, 0.15) is 0 Å². The van der Waals surface area contributed by atoms with Crippen LogP contribution in [0.4, 0.5) is 0 Å². The Labute approximate surface area is 87.4 Å². The molecular formula is C8H19N2P3. The van der Waals surface area contributed by atoms with Crippen LogP contribution in [0, 0.1) is 0 Å². The molecule has 0 aromatic carbocycles. The van der Waals surface area contributed by atoms with Gasteiger partial charge in [-0.2, -0.15) is 0 Å². The Balaban J connectivity index is 2.05. The fourth-order valence-corrected chi connectivity index (χ4v) is 4.85. The van der Waals surface area contributed by atoms with Gasteiger partial charge in [0.15, 0.2) is 0 Å². The van der Waals surface area contributed by atoms with E-state index in [9.17, 15) is 0 Å². The fourth-order valence-electron chi connectivity index (χ4n) is 2.58. The molecule has 13 heavy (non-hydrogen) atoms. The molecule has 5 atom stereocenters. The first-order chi connectivity index (χ1) is 6.33. The molecule has 0 spiro atoms. The Morgan fingerprint density at radius 3 is 2.54 bits per heavy atom. The predicted molar refractivity (Wildman–Crippen MR) is 67.2 cm³/mol. The molecule has 2 aliphatic heterocycles. The third kappa shape index (κ3) is 2.24. The number of rotatable bonds is 1. The van der Waals surface area contributed by atoms with E-state index in [4.69, 9.17) is 0 Å². The maximum absolute atomic E-state index is 2.92. The molecule has 2 rings (SSSR count). The summed E-state index contributed by atoms with van der Waals surface area (Å²) in [7, 11) is 6.74. The van der Waals surface area contributed by atoms with Crippen LogP contribution in [0.5, 0.6) is 0 Å². The molecule has 0 aliphatic carbocycles. The van der Waals surface area contributed by atoms with E-state index in [-0.39, 0.29) is 0 Å². The van der Waals surface area contributed by atoms with Crippen LogP contribution in [0.2, 0.25) is 0 Å². The minimum Gasteiger partial charge on any atom is -0.283 e. The second-order valence-electron chi connectivity index (χ2n) is 3.98. The van der Waals surface area contributed by atoms with E-state index in [1.807, 2.05) is 0 Å². The molecule has 0 aromatic rings. The third-order valence-corrected chi connectivity index (χ3v) is 5.77. The second kappa shape index (κ2) is 4.82.